The molecule has 0 saturated carbocycles. The summed E-state index contributed by atoms with van der Waals surface area (Å²) in [6, 6.07) is 11.9. The van der Waals surface area contributed by atoms with Gasteiger partial charge in [-0.25, -0.2) is 9.67 Å². The first kappa shape index (κ1) is 10.6. The van der Waals surface area contributed by atoms with Crippen molar-refractivity contribution in [3.63, 3.8) is 0 Å². The molecule has 0 aliphatic carbocycles. The van der Waals surface area contributed by atoms with Crippen molar-refractivity contribution in [3.05, 3.63) is 48.8 Å². The van der Waals surface area contributed by atoms with Crippen molar-refractivity contribution < 1.29 is 0 Å². The number of fused-ring (bicyclic) bond motifs is 1. The predicted molar refractivity (Wildman–Crippen MR) is 63.9 cm³/mol. The molecule has 0 saturated heterocycles. The molecule has 0 unspecified atom stereocenters. The molecule has 0 atom stereocenters. The van der Waals surface area contributed by atoms with Gasteiger partial charge in [0.1, 0.15) is 0 Å². The highest BCUT2D eigenvalue weighted by Gasteiger charge is 1.99. The van der Waals surface area contributed by atoms with Crippen molar-refractivity contribution in [1.29, 1.82) is 0 Å². The first-order valence-electron chi connectivity index (χ1n) is 4.66. The highest BCUT2D eigenvalue weighted by molar-refractivity contribution is 5.85. The van der Waals surface area contributed by atoms with Crippen LogP contribution in [0.3, 0.4) is 0 Å². The van der Waals surface area contributed by atoms with E-state index in [1.165, 1.54) is 0 Å². The summed E-state index contributed by atoms with van der Waals surface area (Å²) in [4.78, 5) is 4.48. The Balaban J connectivity index is 0.000000963. The summed E-state index contributed by atoms with van der Waals surface area (Å²) in [5.41, 5.74) is 0.963. The zero-order chi connectivity index (χ0) is 10.1. The third-order valence-corrected chi connectivity index (χ3v) is 2.24. The van der Waals surface area contributed by atoms with Crippen LogP contribution >= 0.6 is 12.4 Å². The monoisotopic (exact) mass is 232 g/mol. The molecule has 1 aromatic carbocycles. The summed E-state index contributed by atoms with van der Waals surface area (Å²) in [6.07, 6.45) is 3.41. The number of rotatable bonds is 1. The molecule has 80 valence electrons. The molecule has 0 aliphatic rings. The fourth-order valence-corrected chi connectivity index (χ4v) is 1.51. The van der Waals surface area contributed by atoms with Gasteiger partial charge >= 0.3 is 0 Å². The number of nitrogens with zero attached hydrogens (tertiary/aromatic N) is 4. The number of halogens is 1. The van der Waals surface area contributed by atoms with Crippen LogP contribution in [0, 0.1) is 0 Å². The molecule has 2 heterocycles. The van der Waals surface area contributed by atoms with E-state index in [4.69, 9.17) is 0 Å². The van der Waals surface area contributed by atoms with Crippen molar-refractivity contribution in [2.75, 3.05) is 0 Å². The molecule has 0 N–H and O–H groups in total. The van der Waals surface area contributed by atoms with E-state index in [0.717, 1.165) is 16.7 Å². The maximum Gasteiger partial charge on any atom is 0.155 e. The van der Waals surface area contributed by atoms with Gasteiger partial charge in [-0.1, -0.05) is 23.4 Å². The molecule has 5 heteroatoms. The minimum absolute atomic E-state index is 0. The van der Waals surface area contributed by atoms with Gasteiger partial charge < -0.3 is 0 Å². The number of para-hydroxylation sites is 1. The Kier molecular flexibility index (Phi) is 2.83. The van der Waals surface area contributed by atoms with Gasteiger partial charge in [-0.05, 0) is 18.2 Å². The Bertz CT molecular complexity index is 592. The molecule has 0 amide bonds. The second kappa shape index (κ2) is 4.28. The molecule has 0 bridgehead atoms. The summed E-state index contributed by atoms with van der Waals surface area (Å²) in [7, 11) is 0. The van der Waals surface area contributed by atoms with Crippen molar-refractivity contribution in [2.45, 2.75) is 0 Å². The molecule has 4 nitrogen and oxygen atoms in total. The number of aromatic nitrogens is 4. The molecule has 0 aliphatic heterocycles. The quantitative estimate of drug-likeness (QED) is 0.646. The lowest BCUT2D eigenvalue weighted by Crippen LogP contribution is -1.98. The minimum Gasteiger partial charge on any atom is -0.229 e. The van der Waals surface area contributed by atoms with Gasteiger partial charge in [-0.2, -0.15) is 0 Å². The minimum atomic E-state index is 0. The predicted octanol–water partition coefficient (Wildman–Crippen LogP) is 2.24. The topological polar surface area (TPSA) is 43.6 Å². The van der Waals surface area contributed by atoms with E-state index >= 15 is 0 Å². The molecule has 0 radical (unpaired) electrons. The van der Waals surface area contributed by atoms with Crippen LogP contribution in [-0.2, 0) is 0 Å². The van der Waals surface area contributed by atoms with Crippen LogP contribution in [0.4, 0.5) is 0 Å². The lowest BCUT2D eigenvalue weighted by atomic mass is 10.2. The number of pyridine rings is 1. The zero-order valence-corrected chi connectivity index (χ0v) is 9.13. The van der Waals surface area contributed by atoms with Gasteiger partial charge in [0.05, 0.1) is 17.9 Å². The summed E-state index contributed by atoms with van der Waals surface area (Å²) in [5.74, 6) is 0.784. The maximum atomic E-state index is 4.48. The van der Waals surface area contributed by atoms with Gasteiger partial charge in [-0.15, -0.1) is 17.5 Å². The third-order valence-electron chi connectivity index (χ3n) is 2.24. The number of hydrogen-bond acceptors (Lipinski definition) is 3. The van der Waals surface area contributed by atoms with E-state index in [-0.39, 0.29) is 12.4 Å². The van der Waals surface area contributed by atoms with Crippen LogP contribution in [-0.4, -0.2) is 20.0 Å². The Hall–Kier alpha value is -1.94. The third kappa shape index (κ3) is 1.75. The maximum absolute atomic E-state index is 4.48. The summed E-state index contributed by atoms with van der Waals surface area (Å²) in [6.45, 7) is 0. The van der Waals surface area contributed by atoms with Gasteiger partial charge in [0, 0.05) is 5.39 Å². The van der Waals surface area contributed by atoms with E-state index in [1.807, 2.05) is 36.4 Å². The SMILES string of the molecule is Cl.c1ccc2nc(-n3ccnn3)ccc2c1. The van der Waals surface area contributed by atoms with Crippen molar-refractivity contribution >= 4 is 23.3 Å². The fraction of sp³-hybridized carbons (Fsp3) is 0. The second-order valence-corrected chi connectivity index (χ2v) is 3.21. The van der Waals surface area contributed by atoms with Gasteiger partial charge in [0.25, 0.3) is 0 Å². The Morgan fingerprint density at radius 3 is 2.69 bits per heavy atom. The standard InChI is InChI=1S/C11H8N4.ClH/c1-2-4-10-9(3-1)5-6-11(13-10)15-8-7-12-14-15;/h1-8H;1H. The van der Waals surface area contributed by atoms with E-state index in [2.05, 4.69) is 15.3 Å². The lowest BCUT2D eigenvalue weighted by molar-refractivity contribution is 0.785. The smallest absolute Gasteiger partial charge is 0.155 e. The van der Waals surface area contributed by atoms with Crippen LogP contribution < -0.4 is 0 Å². The number of hydrogen-bond donors (Lipinski definition) is 0. The van der Waals surface area contributed by atoms with E-state index in [0.29, 0.717) is 0 Å². The Morgan fingerprint density at radius 1 is 1.00 bits per heavy atom. The largest absolute Gasteiger partial charge is 0.229 e. The van der Waals surface area contributed by atoms with Crippen LogP contribution in [0.2, 0.25) is 0 Å². The average Bonchev–Trinajstić information content (AvgIpc) is 2.82. The van der Waals surface area contributed by atoms with Crippen LogP contribution in [0.15, 0.2) is 48.8 Å². The summed E-state index contributed by atoms with van der Waals surface area (Å²) in [5, 5.41) is 8.78. The first-order valence-corrected chi connectivity index (χ1v) is 4.66. The van der Waals surface area contributed by atoms with Gasteiger partial charge in [0.15, 0.2) is 5.82 Å². The fourth-order valence-electron chi connectivity index (χ4n) is 1.51. The molecular weight excluding hydrogens is 224 g/mol. The molecule has 3 aromatic rings. The van der Waals surface area contributed by atoms with E-state index in [1.54, 1.807) is 17.1 Å². The molecule has 16 heavy (non-hydrogen) atoms. The first-order chi connectivity index (χ1) is 7.43. The van der Waals surface area contributed by atoms with Gasteiger partial charge in [0.2, 0.25) is 0 Å². The molecular formula is C11H9ClN4. The molecule has 2 aromatic heterocycles. The lowest BCUT2D eigenvalue weighted by Gasteiger charge is -2.01. The molecule has 0 spiro atoms. The Labute approximate surface area is 98.3 Å². The second-order valence-electron chi connectivity index (χ2n) is 3.21. The zero-order valence-electron chi connectivity index (χ0n) is 8.32. The molecule has 3 rings (SSSR count). The molecule has 0 fully saturated rings. The summed E-state index contributed by atoms with van der Waals surface area (Å²) < 4.78 is 1.65. The van der Waals surface area contributed by atoms with Crippen molar-refractivity contribution in [2.24, 2.45) is 0 Å². The average molecular weight is 233 g/mol. The number of benzene rings is 1. The van der Waals surface area contributed by atoms with Crippen molar-refractivity contribution in [3.8, 4) is 5.82 Å². The van der Waals surface area contributed by atoms with Crippen molar-refractivity contribution in [1.82, 2.24) is 20.0 Å². The van der Waals surface area contributed by atoms with E-state index < -0.39 is 0 Å². The van der Waals surface area contributed by atoms with E-state index in [9.17, 15) is 0 Å². The highest BCUT2D eigenvalue weighted by atomic mass is 35.5. The highest BCUT2D eigenvalue weighted by Crippen LogP contribution is 2.13. The van der Waals surface area contributed by atoms with Crippen LogP contribution in [0.25, 0.3) is 16.7 Å². The van der Waals surface area contributed by atoms with Crippen LogP contribution in [0.1, 0.15) is 0 Å². The van der Waals surface area contributed by atoms with Crippen LogP contribution in [0.5, 0.6) is 0 Å². The normalized spacial score (nSPS) is 10.0. The van der Waals surface area contributed by atoms with Gasteiger partial charge in [-0.3, -0.25) is 0 Å². The summed E-state index contributed by atoms with van der Waals surface area (Å²) >= 11 is 0. The Morgan fingerprint density at radius 2 is 1.88 bits per heavy atom.